The van der Waals surface area contributed by atoms with Gasteiger partial charge in [-0.1, -0.05) is 35.9 Å². The molecular weight excluding hydrogens is 367 g/mol. The van der Waals surface area contributed by atoms with Crippen molar-refractivity contribution in [3.63, 3.8) is 0 Å². The zero-order valence-corrected chi connectivity index (χ0v) is 15.1. The molecule has 2 aromatic carbocycles. The molecule has 134 valence electrons. The van der Waals surface area contributed by atoms with Crippen LogP contribution in [0.2, 0.25) is 5.02 Å². The molecule has 2 rings (SSSR count). The third-order valence-electron chi connectivity index (χ3n) is 3.50. The van der Waals surface area contributed by atoms with E-state index in [1.165, 1.54) is 12.1 Å². The van der Waals surface area contributed by atoms with Crippen molar-refractivity contribution in [1.29, 1.82) is 0 Å². The van der Waals surface area contributed by atoms with E-state index in [0.29, 0.717) is 17.1 Å². The molecule has 2 aromatic rings. The number of nitrogens with zero attached hydrogens (tertiary/aromatic N) is 1. The van der Waals surface area contributed by atoms with Gasteiger partial charge in [0.1, 0.15) is 5.82 Å². The Morgan fingerprint density at radius 3 is 2.40 bits per heavy atom. The summed E-state index contributed by atoms with van der Waals surface area (Å²) in [5.41, 5.74) is 1.20. The lowest BCUT2D eigenvalue weighted by Gasteiger charge is -2.19. The maximum Gasteiger partial charge on any atom is 0.239 e. The summed E-state index contributed by atoms with van der Waals surface area (Å²) < 4.78 is 37.8. The molecule has 1 N–H and O–H groups in total. The number of amides is 1. The number of halogens is 2. The number of benzene rings is 2. The second-order valence-electron chi connectivity index (χ2n) is 5.50. The fraction of sp³-hybridized carbons (Fsp3) is 0.235. The van der Waals surface area contributed by atoms with Crippen LogP contribution >= 0.6 is 11.6 Å². The van der Waals surface area contributed by atoms with Crippen molar-refractivity contribution in [2.24, 2.45) is 0 Å². The molecule has 0 aliphatic heterocycles. The monoisotopic (exact) mass is 384 g/mol. The van der Waals surface area contributed by atoms with Crippen molar-refractivity contribution < 1.29 is 17.6 Å². The Bertz CT molecular complexity index is 841. The summed E-state index contributed by atoms with van der Waals surface area (Å²) >= 11 is 5.97. The van der Waals surface area contributed by atoms with Gasteiger partial charge in [-0.3, -0.25) is 4.79 Å². The molecule has 1 amide bonds. The molecule has 5 nitrogen and oxygen atoms in total. The normalized spacial score (nSPS) is 11.5. The fourth-order valence-electron chi connectivity index (χ4n) is 2.18. The smallest absolute Gasteiger partial charge is 0.239 e. The van der Waals surface area contributed by atoms with Crippen LogP contribution in [0.4, 0.5) is 10.1 Å². The lowest BCUT2D eigenvalue weighted by molar-refractivity contribution is -0.116. The van der Waals surface area contributed by atoms with E-state index in [1.54, 1.807) is 36.4 Å². The van der Waals surface area contributed by atoms with Gasteiger partial charge in [-0.05, 0) is 36.2 Å². The van der Waals surface area contributed by atoms with Crippen LogP contribution in [-0.2, 0) is 21.2 Å². The Labute approximate surface area is 151 Å². The largest absolute Gasteiger partial charge is 0.324 e. The summed E-state index contributed by atoms with van der Waals surface area (Å²) in [6.45, 7) is -0.217. The predicted octanol–water partition coefficient (Wildman–Crippen LogP) is 2.92. The van der Waals surface area contributed by atoms with E-state index in [0.717, 1.165) is 16.1 Å². The highest BCUT2D eigenvalue weighted by Gasteiger charge is 2.20. The highest BCUT2D eigenvalue weighted by molar-refractivity contribution is 7.88. The van der Waals surface area contributed by atoms with Crippen molar-refractivity contribution >= 4 is 33.2 Å². The van der Waals surface area contributed by atoms with Gasteiger partial charge in [-0.25, -0.2) is 12.8 Å². The summed E-state index contributed by atoms with van der Waals surface area (Å²) in [6, 6.07) is 12.5. The Morgan fingerprint density at radius 2 is 1.80 bits per heavy atom. The van der Waals surface area contributed by atoms with Gasteiger partial charge in [0.15, 0.2) is 0 Å². The Hall–Kier alpha value is -1.96. The molecule has 0 aliphatic carbocycles. The van der Waals surface area contributed by atoms with E-state index >= 15 is 0 Å². The van der Waals surface area contributed by atoms with Gasteiger partial charge in [-0.15, -0.1) is 0 Å². The first-order valence-corrected chi connectivity index (χ1v) is 9.72. The van der Waals surface area contributed by atoms with E-state index in [2.05, 4.69) is 5.32 Å². The van der Waals surface area contributed by atoms with Crippen LogP contribution in [0.1, 0.15) is 5.56 Å². The topological polar surface area (TPSA) is 66.5 Å². The Morgan fingerprint density at radius 1 is 1.16 bits per heavy atom. The number of carbonyl (C=O) groups is 1. The molecular formula is C17H18ClFN2O3S. The number of anilines is 1. The highest BCUT2D eigenvalue weighted by Crippen LogP contribution is 2.20. The summed E-state index contributed by atoms with van der Waals surface area (Å²) in [6.07, 6.45) is 1.41. The van der Waals surface area contributed by atoms with Gasteiger partial charge in [0.25, 0.3) is 0 Å². The maximum absolute atomic E-state index is 12.9. The second-order valence-corrected chi connectivity index (χ2v) is 7.89. The summed E-state index contributed by atoms with van der Waals surface area (Å²) in [5, 5.41) is 2.96. The minimum absolute atomic E-state index is 0.112. The summed E-state index contributed by atoms with van der Waals surface area (Å²) in [7, 11) is -3.58. The van der Waals surface area contributed by atoms with E-state index in [-0.39, 0.29) is 18.9 Å². The minimum Gasteiger partial charge on any atom is -0.324 e. The first-order valence-electron chi connectivity index (χ1n) is 7.49. The van der Waals surface area contributed by atoms with Crippen molar-refractivity contribution in [1.82, 2.24) is 4.31 Å². The van der Waals surface area contributed by atoms with Crippen LogP contribution in [0.3, 0.4) is 0 Å². The summed E-state index contributed by atoms with van der Waals surface area (Å²) in [5.74, 6) is -0.847. The van der Waals surface area contributed by atoms with Crippen molar-refractivity contribution in [2.45, 2.75) is 6.42 Å². The van der Waals surface area contributed by atoms with Crippen LogP contribution in [0.5, 0.6) is 0 Å². The number of sulfonamides is 1. The number of nitrogens with one attached hydrogen (secondary N) is 1. The van der Waals surface area contributed by atoms with Gasteiger partial charge in [0.05, 0.1) is 23.5 Å². The molecule has 0 unspecified atom stereocenters. The predicted molar refractivity (Wildman–Crippen MR) is 96.6 cm³/mol. The summed E-state index contributed by atoms with van der Waals surface area (Å²) in [4.78, 5) is 12.2. The maximum atomic E-state index is 12.9. The molecule has 0 radical (unpaired) electrons. The minimum atomic E-state index is -3.58. The molecule has 0 aliphatic rings. The van der Waals surface area contributed by atoms with Crippen LogP contribution in [-0.4, -0.2) is 38.0 Å². The molecule has 0 saturated heterocycles. The lowest BCUT2D eigenvalue weighted by atomic mass is 10.1. The van der Waals surface area contributed by atoms with Gasteiger partial charge in [0, 0.05) is 6.54 Å². The molecule has 0 spiro atoms. The van der Waals surface area contributed by atoms with Crippen LogP contribution in [0, 0.1) is 5.82 Å². The molecule has 0 aromatic heterocycles. The highest BCUT2D eigenvalue weighted by atomic mass is 35.5. The van der Waals surface area contributed by atoms with Crippen molar-refractivity contribution in [2.75, 3.05) is 24.7 Å². The zero-order valence-electron chi connectivity index (χ0n) is 13.6. The number of carbonyl (C=O) groups excluding carboxylic acids is 1. The van der Waals surface area contributed by atoms with E-state index in [1.807, 2.05) is 0 Å². The van der Waals surface area contributed by atoms with Crippen molar-refractivity contribution in [3.05, 3.63) is 64.9 Å². The zero-order chi connectivity index (χ0) is 18.4. The lowest BCUT2D eigenvalue weighted by Crippen LogP contribution is -2.38. The first kappa shape index (κ1) is 19.4. The van der Waals surface area contributed by atoms with E-state index in [9.17, 15) is 17.6 Å². The molecule has 0 bridgehead atoms. The Balaban J connectivity index is 2.01. The average Bonchev–Trinajstić information content (AvgIpc) is 2.54. The number of para-hydroxylation sites is 1. The molecule has 0 saturated carbocycles. The molecule has 0 atom stereocenters. The van der Waals surface area contributed by atoms with Gasteiger partial charge >= 0.3 is 0 Å². The van der Waals surface area contributed by atoms with E-state index < -0.39 is 15.9 Å². The molecule has 25 heavy (non-hydrogen) atoms. The van der Waals surface area contributed by atoms with E-state index in [4.69, 9.17) is 11.6 Å². The average molecular weight is 385 g/mol. The Kier molecular flexibility index (Phi) is 6.52. The van der Waals surface area contributed by atoms with Gasteiger partial charge in [-0.2, -0.15) is 4.31 Å². The molecule has 0 fully saturated rings. The van der Waals surface area contributed by atoms with Crippen molar-refractivity contribution in [3.8, 4) is 0 Å². The third kappa shape index (κ3) is 6.12. The third-order valence-corrected chi connectivity index (χ3v) is 5.08. The fourth-order valence-corrected chi connectivity index (χ4v) is 3.14. The SMILES string of the molecule is CS(=O)(=O)N(CCc1ccc(F)cc1)CC(=O)Nc1ccccc1Cl. The number of hydrogen-bond donors (Lipinski definition) is 1. The second kappa shape index (κ2) is 8.42. The van der Waals surface area contributed by atoms with Crippen LogP contribution in [0.25, 0.3) is 0 Å². The van der Waals surface area contributed by atoms with Gasteiger partial charge in [0.2, 0.25) is 15.9 Å². The molecule has 8 heteroatoms. The van der Waals surface area contributed by atoms with Gasteiger partial charge < -0.3 is 5.32 Å². The van der Waals surface area contributed by atoms with Crippen LogP contribution in [0.15, 0.2) is 48.5 Å². The standard InChI is InChI=1S/C17H18ClFN2O3S/c1-25(23,24)21(11-10-13-6-8-14(19)9-7-13)12-17(22)20-16-5-3-2-4-15(16)18/h2-9H,10-12H2,1H3,(H,20,22). The quantitative estimate of drug-likeness (QED) is 0.798. The molecule has 0 heterocycles. The van der Waals surface area contributed by atoms with Crippen LogP contribution < -0.4 is 5.32 Å². The number of rotatable bonds is 7. The number of hydrogen-bond acceptors (Lipinski definition) is 3. The first-order chi connectivity index (χ1) is 11.8.